The van der Waals surface area contributed by atoms with Crippen LogP contribution >= 0.6 is 23.2 Å². The normalized spacial score (nSPS) is 16.9. The number of carbonyl (C=O) groups is 2. The van der Waals surface area contributed by atoms with Crippen molar-refractivity contribution in [1.82, 2.24) is 9.88 Å². The van der Waals surface area contributed by atoms with Gasteiger partial charge in [-0.1, -0.05) is 23.2 Å². The summed E-state index contributed by atoms with van der Waals surface area (Å²) in [6, 6.07) is 7.68. The Morgan fingerprint density at radius 2 is 2.08 bits per heavy atom. The van der Waals surface area contributed by atoms with Crippen LogP contribution in [0.4, 0.5) is 5.69 Å². The first kappa shape index (κ1) is 16.7. The van der Waals surface area contributed by atoms with Crippen LogP contribution in [0.2, 0.25) is 10.0 Å². The standard InChI is InChI=1S/C17H15Cl2N3O2/c18-11-5-6-14(19)13(9-11)17(24)22-8-2-4-15(22)16(23)21-12-3-1-7-20-10-12/h1,3,5-7,9-10,15H,2,4,8H2,(H,21,23). The molecule has 1 aromatic carbocycles. The molecule has 124 valence electrons. The summed E-state index contributed by atoms with van der Waals surface area (Å²) in [6.45, 7) is 0.507. The molecule has 0 spiro atoms. The summed E-state index contributed by atoms with van der Waals surface area (Å²) in [7, 11) is 0. The van der Waals surface area contributed by atoms with Crippen molar-refractivity contribution in [2.24, 2.45) is 0 Å². The fraction of sp³-hybridized carbons (Fsp3) is 0.235. The number of hydrogen-bond donors (Lipinski definition) is 1. The molecule has 0 bridgehead atoms. The predicted octanol–water partition coefficient (Wildman–Crippen LogP) is 3.63. The summed E-state index contributed by atoms with van der Waals surface area (Å²) in [5.41, 5.74) is 0.910. The minimum absolute atomic E-state index is 0.230. The monoisotopic (exact) mass is 363 g/mol. The molecule has 1 fully saturated rings. The van der Waals surface area contributed by atoms with Gasteiger partial charge in [0.05, 0.1) is 22.5 Å². The maximum absolute atomic E-state index is 12.8. The fourth-order valence-corrected chi connectivity index (χ4v) is 3.13. The molecule has 2 heterocycles. The SMILES string of the molecule is O=C(Nc1cccnc1)C1CCCN1C(=O)c1cc(Cl)ccc1Cl. The molecule has 5 nitrogen and oxygen atoms in total. The zero-order valence-corrected chi connectivity index (χ0v) is 14.2. The second-order valence-electron chi connectivity index (χ2n) is 5.51. The zero-order chi connectivity index (χ0) is 17.1. The van der Waals surface area contributed by atoms with Crippen LogP contribution in [0.3, 0.4) is 0 Å². The minimum atomic E-state index is -0.534. The lowest BCUT2D eigenvalue weighted by Gasteiger charge is -2.24. The number of anilines is 1. The molecule has 7 heteroatoms. The lowest BCUT2D eigenvalue weighted by atomic mass is 10.1. The van der Waals surface area contributed by atoms with Crippen molar-refractivity contribution in [2.75, 3.05) is 11.9 Å². The molecule has 1 aliphatic rings. The smallest absolute Gasteiger partial charge is 0.256 e. The van der Waals surface area contributed by atoms with Crippen LogP contribution in [0.15, 0.2) is 42.7 Å². The van der Waals surface area contributed by atoms with Gasteiger partial charge >= 0.3 is 0 Å². The van der Waals surface area contributed by atoms with E-state index in [0.717, 1.165) is 6.42 Å². The van der Waals surface area contributed by atoms with Gasteiger partial charge in [0, 0.05) is 17.8 Å². The highest BCUT2D eigenvalue weighted by molar-refractivity contribution is 6.35. The molecule has 1 aromatic heterocycles. The number of benzene rings is 1. The summed E-state index contributed by atoms with van der Waals surface area (Å²) in [4.78, 5) is 30.8. The summed E-state index contributed by atoms with van der Waals surface area (Å²) < 4.78 is 0. The van der Waals surface area contributed by atoms with Crippen LogP contribution in [-0.4, -0.2) is 34.3 Å². The third-order valence-corrected chi connectivity index (χ3v) is 4.47. The Hall–Kier alpha value is -2.11. The Labute approximate surface area is 149 Å². The number of rotatable bonds is 3. The van der Waals surface area contributed by atoms with Crippen LogP contribution in [0, 0.1) is 0 Å². The third-order valence-electron chi connectivity index (χ3n) is 3.90. The van der Waals surface area contributed by atoms with Gasteiger partial charge < -0.3 is 10.2 Å². The number of nitrogens with one attached hydrogen (secondary N) is 1. The van der Waals surface area contributed by atoms with E-state index in [1.807, 2.05) is 0 Å². The molecule has 0 aliphatic carbocycles. The van der Waals surface area contributed by atoms with Gasteiger partial charge in [-0.05, 0) is 43.2 Å². The molecule has 0 radical (unpaired) electrons. The van der Waals surface area contributed by atoms with Gasteiger partial charge in [-0.25, -0.2) is 0 Å². The highest BCUT2D eigenvalue weighted by atomic mass is 35.5. The molecule has 2 amide bonds. The Balaban J connectivity index is 1.78. The van der Waals surface area contributed by atoms with Crippen molar-refractivity contribution in [3.63, 3.8) is 0 Å². The van der Waals surface area contributed by atoms with Crippen LogP contribution in [0.5, 0.6) is 0 Å². The number of halogens is 2. The summed E-state index contributed by atoms with van der Waals surface area (Å²) in [6.07, 6.45) is 4.56. The van der Waals surface area contributed by atoms with E-state index in [0.29, 0.717) is 34.3 Å². The first-order chi connectivity index (χ1) is 11.6. The van der Waals surface area contributed by atoms with Crippen molar-refractivity contribution < 1.29 is 9.59 Å². The maximum Gasteiger partial charge on any atom is 0.256 e. The van der Waals surface area contributed by atoms with E-state index in [-0.39, 0.29) is 11.8 Å². The Kier molecular flexibility index (Phi) is 5.02. The summed E-state index contributed by atoms with van der Waals surface area (Å²) in [5.74, 6) is -0.515. The molecule has 1 unspecified atom stereocenters. The van der Waals surface area contributed by atoms with E-state index in [1.54, 1.807) is 41.6 Å². The van der Waals surface area contributed by atoms with Gasteiger partial charge in [-0.3, -0.25) is 14.6 Å². The van der Waals surface area contributed by atoms with Crippen LogP contribution < -0.4 is 5.32 Å². The predicted molar refractivity (Wildman–Crippen MR) is 93.4 cm³/mol. The van der Waals surface area contributed by atoms with E-state index in [4.69, 9.17) is 23.2 Å². The molecule has 1 aliphatic heterocycles. The first-order valence-electron chi connectivity index (χ1n) is 7.53. The van der Waals surface area contributed by atoms with Gasteiger partial charge in [0.15, 0.2) is 0 Å². The van der Waals surface area contributed by atoms with Gasteiger partial charge in [0.1, 0.15) is 6.04 Å². The first-order valence-corrected chi connectivity index (χ1v) is 8.29. The van der Waals surface area contributed by atoms with Crippen molar-refractivity contribution in [2.45, 2.75) is 18.9 Å². The van der Waals surface area contributed by atoms with E-state index < -0.39 is 6.04 Å². The minimum Gasteiger partial charge on any atom is -0.327 e. The van der Waals surface area contributed by atoms with E-state index in [2.05, 4.69) is 10.3 Å². The molecular weight excluding hydrogens is 349 g/mol. The van der Waals surface area contributed by atoms with Gasteiger partial charge in [-0.2, -0.15) is 0 Å². The molecule has 2 aromatic rings. The molecule has 3 rings (SSSR count). The second-order valence-corrected chi connectivity index (χ2v) is 6.36. The number of hydrogen-bond acceptors (Lipinski definition) is 3. The number of likely N-dealkylation sites (tertiary alicyclic amines) is 1. The fourth-order valence-electron chi connectivity index (χ4n) is 2.76. The van der Waals surface area contributed by atoms with Crippen LogP contribution in [0.1, 0.15) is 23.2 Å². The number of amides is 2. The molecule has 24 heavy (non-hydrogen) atoms. The van der Waals surface area contributed by atoms with Crippen LogP contribution in [0.25, 0.3) is 0 Å². The highest BCUT2D eigenvalue weighted by Gasteiger charge is 2.35. The second kappa shape index (κ2) is 7.20. The lowest BCUT2D eigenvalue weighted by molar-refractivity contribution is -0.119. The maximum atomic E-state index is 12.8. The topological polar surface area (TPSA) is 62.3 Å². The highest BCUT2D eigenvalue weighted by Crippen LogP contribution is 2.26. The quantitative estimate of drug-likeness (QED) is 0.905. The largest absolute Gasteiger partial charge is 0.327 e. The zero-order valence-electron chi connectivity index (χ0n) is 12.7. The molecular formula is C17H15Cl2N3O2. The molecule has 1 atom stereocenters. The summed E-state index contributed by atoms with van der Waals surface area (Å²) in [5, 5.41) is 3.54. The van der Waals surface area contributed by atoms with Crippen molar-refractivity contribution in [3.8, 4) is 0 Å². The third kappa shape index (κ3) is 3.52. The Morgan fingerprint density at radius 1 is 1.25 bits per heavy atom. The summed E-state index contributed by atoms with van der Waals surface area (Å²) >= 11 is 12.1. The number of carbonyl (C=O) groups excluding carboxylic acids is 2. The van der Waals surface area contributed by atoms with Crippen molar-refractivity contribution in [1.29, 1.82) is 0 Å². The van der Waals surface area contributed by atoms with E-state index in [1.165, 1.54) is 6.07 Å². The Bertz CT molecular complexity index is 768. The average molecular weight is 364 g/mol. The molecule has 0 saturated carbocycles. The van der Waals surface area contributed by atoms with Gasteiger partial charge in [-0.15, -0.1) is 0 Å². The van der Waals surface area contributed by atoms with Gasteiger partial charge in [0.25, 0.3) is 5.91 Å². The van der Waals surface area contributed by atoms with Crippen molar-refractivity contribution in [3.05, 3.63) is 58.3 Å². The number of aromatic nitrogens is 1. The van der Waals surface area contributed by atoms with Crippen molar-refractivity contribution >= 4 is 40.7 Å². The number of pyridine rings is 1. The van der Waals surface area contributed by atoms with E-state index in [9.17, 15) is 9.59 Å². The number of nitrogens with zero attached hydrogens (tertiary/aromatic N) is 2. The van der Waals surface area contributed by atoms with E-state index >= 15 is 0 Å². The molecule has 1 N–H and O–H groups in total. The molecule has 1 saturated heterocycles. The van der Waals surface area contributed by atoms with Crippen LogP contribution in [-0.2, 0) is 4.79 Å². The Morgan fingerprint density at radius 3 is 2.83 bits per heavy atom. The average Bonchev–Trinajstić information content (AvgIpc) is 3.07. The van der Waals surface area contributed by atoms with Gasteiger partial charge in [0.2, 0.25) is 5.91 Å². The lowest BCUT2D eigenvalue weighted by Crippen LogP contribution is -2.43.